The Hall–Kier alpha value is -2.71. The fraction of sp³-hybridized carbons (Fsp3) is 0.417. The third-order valence-corrected chi connectivity index (χ3v) is 7.42. The second-order valence-electron chi connectivity index (χ2n) is 8.34. The fourth-order valence-electron chi connectivity index (χ4n) is 4.11. The molecule has 7 nitrogen and oxygen atoms in total. The number of nitrogens with zero attached hydrogens (tertiary/aromatic N) is 2. The molecule has 0 spiro atoms. The molecule has 2 aromatic carbocycles. The average Bonchev–Trinajstić information content (AvgIpc) is 2.78. The predicted molar refractivity (Wildman–Crippen MR) is 123 cm³/mol. The van der Waals surface area contributed by atoms with Gasteiger partial charge in [-0.25, -0.2) is 13.2 Å². The molecule has 3 rings (SSSR count). The van der Waals surface area contributed by atoms with Gasteiger partial charge in [0.1, 0.15) is 0 Å². The summed E-state index contributed by atoms with van der Waals surface area (Å²) in [5.74, 6) is -0.399. The molecular formula is C24H30N2O5S. The van der Waals surface area contributed by atoms with Crippen molar-refractivity contribution in [3.8, 4) is 0 Å². The number of carbonyl (C=O) groups is 2. The van der Waals surface area contributed by atoms with E-state index in [2.05, 4.69) is 13.8 Å². The van der Waals surface area contributed by atoms with Crippen molar-refractivity contribution in [2.24, 2.45) is 11.8 Å². The van der Waals surface area contributed by atoms with E-state index in [1.165, 1.54) is 33.5 Å². The van der Waals surface area contributed by atoms with Gasteiger partial charge in [0, 0.05) is 25.3 Å². The summed E-state index contributed by atoms with van der Waals surface area (Å²) in [6, 6.07) is 14.8. The van der Waals surface area contributed by atoms with Crippen molar-refractivity contribution in [3.63, 3.8) is 0 Å². The Labute approximate surface area is 190 Å². The van der Waals surface area contributed by atoms with Crippen molar-refractivity contribution in [1.82, 2.24) is 4.31 Å². The zero-order valence-corrected chi connectivity index (χ0v) is 19.5. The number of hydrogen-bond donors (Lipinski definition) is 0. The zero-order valence-electron chi connectivity index (χ0n) is 18.7. The maximum Gasteiger partial charge on any atom is 0.338 e. The van der Waals surface area contributed by atoms with Crippen molar-refractivity contribution in [2.45, 2.75) is 32.1 Å². The van der Waals surface area contributed by atoms with Crippen molar-refractivity contribution in [1.29, 1.82) is 0 Å². The summed E-state index contributed by atoms with van der Waals surface area (Å²) in [5, 5.41) is 0. The van der Waals surface area contributed by atoms with Crippen LogP contribution < -0.4 is 4.90 Å². The summed E-state index contributed by atoms with van der Waals surface area (Å²) in [4.78, 5) is 26.6. The number of benzene rings is 2. The van der Waals surface area contributed by atoms with Crippen LogP contribution in [0.2, 0.25) is 0 Å². The minimum Gasteiger partial charge on any atom is -0.452 e. The second kappa shape index (κ2) is 10.3. The van der Waals surface area contributed by atoms with Crippen LogP contribution in [0.5, 0.6) is 0 Å². The van der Waals surface area contributed by atoms with Crippen molar-refractivity contribution in [2.75, 3.05) is 31.1 Å². The maximum atomic E-state index is 13.0. The normalized spacial score (nSPS) is 19.3. The Balaban J connectivity index is 1.63. The molecule has 1 heterocycles. The number of esters is 1. The summed E-state index contributed by atoms with van der Waals surface area (Å²) in [6.45, 7) is 6.98. The van der Waals surface area contributed by atoms with Crippen LogP contribution in [0.1, 0.15) is 37.6 Å². The Morgan fingerprint density at radius 2 is 1.59 bits per heavy atom. The number of amides is 1. The SMILES string of the molecule is CCN(C(=O)COC(=O)c1ccc(S(=O)(=O)N2C[C@H](C)C[C@@H](C)C2)cc1)c1ccccc1. The molecule has 0 bridgehead atoms. The molecule has 1 aliphatic rings. The van der Waals surface area contributed by atoms with E-state index in [-0.39, 0.29) is 16.4 Å². The van der Waals surface area contributed by atoms with Gasteiger partial charge >= 0.3 is 5.97 Å². The lowest BCUT2D eigenvalue weighted by molar-refractivity contribution is -0.121. The van der Waals surface area contributed by atoms with Gasteiger partial charge in [-0.15, -0.1) is 0 Å². The zero-order chi connectivity index (χ0) is 23.3. The van der Waals surface area contributed by atoms with Gasteiger partial charge in [-0.1, -0.05) is 32.0 Å². The molecule has 0 saturated carbocycles. The minimum atomic E-state index is -3.62. The Kier molecular flexibility index (Phi) is 7.69. The number of hydrogen-bond acceptors (Lipinski definition) is 5. The molecule has 2 aromatic rings. The van der Waals surface area contributed by atoms with Crippen LogP contribution in [-0.4, -0.2) is 50.8 Å². The summed E-state index contributed by atoms with van der Waals surface area (Å²) in [5.41, 5.74) is 0.923. The first-order valence-electron chi connectivity index (χ1n) is 10.8. The van der Waals surface area contributed by atoms with Gasteiger partial charge in [0.25, 0.3) is 5.91 Å². The van der Waals surface area contributed by atoms with Crippen LogP contribution in [0.15, 0.2) is 59.5 Å². The van der Waals surface area contributed by atoms with E-state index in [4.69, 9.17) is 4.74 Å². The van der Waals surface area contributed by atoms with Gasteiger partial charge in [0.05, 0.1) is 10.5 Å². The highest BCUT2D eigenvalue weighted by Crippen LogP contribution is 2.26. The molecular weight excluding hydrogens is 428 g/mol. The number of para-hydroxylation sites is 1. The number of anilines is 1. The highest BCUT2D eigenvalue weighted by molar-refractivity contribution is 7.89. The minimum absolute atomic E-state index is 0.146. The van der Waals surface area contributed by atoms with Crippen LogP contribution in [0, 0.1) is 11.8 Å². The van der Waals surface area contributed by atoms with E-state index in [9.17, 15) is 18.0 Å². The van der Waals surface area contributed by atoms with Crippen LogP contribution in [0.3, 0.4) is 0 Å². The van der Waals surface area contributed by atoms with Crippen LogP contribution in [0.4, 0.5) is 5.69 Å². The lowest BCUT2D eigenvalue weighted by Gasteiger charge is -2.34. The van der Waals surface area contributed by atoms with E-state index in [0.717, 1.165) is 12.1 Å². The van der Waals surface area contributed by atoms with E-state index >= 15 is 0 Å². The van der Waals surface area contributed by atoms with E-state index in [0.29, 0.717) is 31.5 Å². The molecule has 0 radical (unpaired) electrons. The third kappa shape index (κ3) is 5.55. The second-order valence-corrected chi connectivity index (χ2v) is 10.3. The van der Waals surface area contributed by atoms with Crippen LogP contribution in [0.25, 0.3) is 0 Å². The topological polar surface area (TPSA) is 84.0 Å². The van der Waals surface area contributed by atoms with E-state index < -0.39 is 22.6 Å². The fourth-order valence-corrected chi connectivity index (χ4v) is 5.79. The largest absolute Gasteiger partial charge is 0.452 e. The Morgan fingerprint density at radius 1 is 1.00 bits per heavy atom. The summed E-state index contributed by atoms with van der Waals surface area (Å²) in [7, 11) is -3.62. The Morgan fingerprint density at radius 3 is 2.16 bits per heavy atom. The third-order valence-electron chi connectivity index (χ3n) is 5.58. The van der Waals surface area contributed by atoms with Crippen LogP contribution in [-0.2, 0) is 19.6 Å². The van der Waals surface area contributed by atoms with Crippen molar-refractivity contribution >= 4 is 27.6 Å². The van der Waals surface area contributed by atoms with Crippen LogP contribution >= 0.6 is 0 Å². The number of sulfonamides is 1. The molecule has 1 aliphatic heterocycles. The molecule has 1 saturated heterocycles. The van der Waals surface area contributed by atoms with Gasteiger partial charge < -0.3 is 9.64 Å². The highest BCUT2D eigenvalue weighted by atomic mass is 32.2. The standard InChI is InChI=1S/C24H30N2O5S/c1-4-26(21-8-6-5-7-9-21)23(27)17-31-24(28)20-10-12-22(13-11-20)32(29,30)25-15-18(2)14-19(3)16-25/h5-13,18-19H,4,14-17H2,1-3H3/t18-,19-/m1/s1. The number of ether oxygens (including phenoxy) is 1. The van der Waals surface area contributed by atoms with Gasteiger partial charge in [-0.3, -0.25) is 4.79 Å². The van der Waals surface area contributed by atoms with Gasteiger partial charge in [-0.05, 0) is 61.6 Å². The average molecular weight is 459 g/mol. The van der Waals surface area contributed by atoms with Gasteiger partial charge in [-0.2, -0.15) is 4.31 Å². The number of piperidine rings is 1. The first-order valence-corrected chi connectivity index (χ1v) is 12.3. The summed E-state index contributed by atoms with van der Waals surface area (Å²) < 4.78 is 32.6. The molecule has 0 aromatic heterocycles. The summed E-state index contributed by atoms with van der Waals surface area (Å²) in [6.07, 6.45) is 1.01. The van der Waals surface area contributed by atoms with Crippen molar-refractivity contribution < 1.29 is 22.7 Å². The first-order chi connectivity index (χ1) is 15.2. The number of likely N-dealkylation sites (N-methyl/N-ethyl adjacent to an activating group) is 1. The molecule has 1 amide bonds. The van der Waals surface area contributed by atoms with E-state index in [1.807, 2.05) is 37.3 Å². The molecule has 172 valence electrons. The van der Waals surface area contributed by atoms with E-state index in [1.54, 1.807) is 0 Å². The lowest BCUT2D eigenvalue weighted by atomic mass is 9.94. The predicted octanol–water partition coefficient (Wildman–Crippen LogP) is 3.56. The molecule has 8 heteroatoms. The monoisotopic (exact) mass is 458 g/mol. The molecule has 1 fully saturated rings. The quantitative estimate of drug-likeness (QED) is 0.593. The lowest BCUT2D eigenvalue weighted by Crippen LogP contribution is -2.42. The van der Waals surface area contributed by atoms with Crippen molar-refractivity contribution in [3.05, 3.63) is 60.2 Å². The first kappa shape index (κ1) is 23.9. The van der Waals surface area contributed by atoms with Gasteiger partial charge in [0.2, 0.25) is 10.0 Å². The molecule has 2 atom stereocenters. The smallest absolute Gasteiger partial charge is 0.338 e. The number of rotatable bonds is 7. The molecule has 0 aliphatic carbocycles. The Bertz CT molecular complexity index is 1030. The molecule has 0 N–H and O–H groups in total. The van der Waals surface area contributed by atoms with Gasteiger partial charge in [0.15, 0.2) is 6.61 Å². The summed E-state index contributed by atoms with van der Waals surface area (Å²) >= 11 is 0. The molecule has 0 unspecified atom stereocenters. The number of carbonyl (C=O) groups excluding carboxylic acids is 2. The maximum absolute atomic E-state index is 13.0. The molecule has 32 heavy (non-hydrogen) atoms. The highest BCUT2D eigenvalue weighted by Gasteiger charge is 2.31.